The highest BCUT2D eigenvalue weighted by atomic mass is 32.2. The summed E-state index contributed by atoms with van der Waals surface area (Å²) in [4.78, 5) is 22.9. The van der Waals surface area contributed by atoms with E-state index in [0.717, 1.165) is 11.1 Å². The lowest BCUT2D eigenvalue weighted by Gasteiger charge is -2.13. The van der Waals surface area contributed by atoms with E-state index in [2.05, 4.69) is 5.32 Å². The smallest absolute Gasteiger partial charge is 0.249 e. The third-order valence-electron chi connectivity index (χ3n) is 6.77. The number of hydrogen-bond donors (Lipinski definition) is 1. The molecule has 0 radical (unpaired) electrons. The topological polar surface area (TPSA) is 93.9 Å². The molecule has 4 aromatic carbocycles. The summed E-state index contributed by atoms with van der Waals surface area (Å²) in [6.45, 7) is 0.371. The van der Waals surface area contributed by atoms with Crippen LogP contribution >= 0.6 is 0 Å². The maximum Gasteiger partial charge on any atom is 0.249 e. The quantitative estimate of drug-likeness (QED) is 0.221. The van der Waals surface area contributed by atoms with E-state index in [-0.39, 0.29) is 21.1 Å². The van der Waals surface area contributed by atoms with E-state index >= 15 is 0 Å². The third kappa shape index (κ3) is 5.37. The van der Waals surface area contributed by atoms with Crippen LogP contribution in [-0.4, -0.2) is 28.9 Å². The number of carbonyl (C=O) groups is 1. The maximum atomic E-state index is 14.2. The van der Waals surface area contributed by atoms with Crippen molar-refractivity contribution in [2.45, 2.75) is 22.8 Å². The molecule has 0 bridgehead atoms. The molecule has 0 aliphatic rings. The molecule has 0 aliphatic carbocycles. The molecule has 0 atom stereocenters. The first-order valence-corrected chi connectivity index (χ1v) is 14.7. The second-order valence-corrected chi connectivity index (χ2v) is 11.4. The number of para-hydroxylation sites is 2. The van der Waals surface area contributed by atoms with Gasteiger partial charge in [-0.15, -0.1) is 0 Å². The number of amides is 1. The van der Waals surface area contributed by atoms with E-state index in [0.29, 0.717) is 29.6 Å². The monoisotopic (exact) mass is 558 g/mol. The Morgan fingerprint density at radius 2 is 1.34 bits per heavy atom. The van der Waals surface area contributed by atoms with Crippen molar-refractivity contribution < 1.29 is 13.2 Å². The van der Waals surface area contributed by atoms with Crippen molar-refractivity contribution in [1.82, 2.24) is 14.5 Å². The van der Waals surface area contributed by atoms with Crippen molar-refractivity contribution in [3.05, 3.63) is 132 Å². The molecule has 1 N–H and O–H groups in total. The first-order chi connectivity index (χ1) is 20.0. The predicted octanol–water partition coefficient (Wildman–Crippen LogP) is 6.31. The van der Waals surface area contributed by atoms with Crippen LogP contribution in [0.3, 0.4) is 0 Å². The number of benzene rings is 4. The second kappa shape index (κ2) is 11.2. The normalized spacial score (nSPS) is 11.8. The number of fused-ring (bicyclic) bond motifs is 2. The lowest BCUT2D eigenvalue weighted by Crippen LogP contribution is -2.16. The number of carbonyl (C=O) groups excluding carboxylic acids is 1. The second-order valence-electron chi connectivity index (χ2n) is 9.50. The zero-order valence-electron chi connectivity index (χ0n) is 22.0. The summed E-state index contributed by atoms with van der Waals surface area (Å²) in [5, 5.41) is 2.88. The minimum Gasteiger partial charge on any atom is -0.309 e. The molecule has 7 nitrogen and oxygen atoms in total. The lowest BCUT2D eigenvalue weighted by atomic mass is 10.1. The van der Waals surface area contributed by atoms with Crippen LogP contribution < -0.4 is 5.32 Å². The van der Waals surface area contributed by atoms with Gasteiger partial charge in [0.15, 0.2) is 5.65 Å². The number of nitrogens with zero attached hydrogens (tertiary/aromatic N) is 3. The molecule has 6 rings (SSSR count). The van der Waals surface area contributed by atoms with Gasteiger partial charge in [0.1, 0.15) is 16.2 Å². The number of aryl methyl sites for hydroxylation is 2. The first-order valence-electron chi connectivity index (χ1n) is 13.2. The Labute approximate surface area is 237 Å². The van der Waals surface area contributed by atoms with E-state index < -0.39 is 15.7 Å². The Hall–Kier alpha value is -5.08. The van der Waals surface area contributed by atoms with E-state index in [1.165, 1.54) is 18.2 Å². The van der Waals surface area contributed by atoms with Crippen molar-refractivity contribution in [1.29, 1.82) is 0 Å². The van der Waals surface area contributed by atoms with Gasteiger partial charge in [0.2, 0.25) is 15.7 Å². The SMILES string of the molecule is O=C(/C=C/c1ccccc1)Nc1c(S(=O)(=O)c2ccccc2)c2nc3ccccc3nc2n1CCc1ccccc1. The van der Waals surface area contributed by atoms with E-state index in [1.807, 2.05) is 78.9 Å². The molecule has 41 heavy (non-hydrogen) atoms. The van der Waals surface area contributed by atoms with Crippen molar-refractivity contribution in [2.24, 2.45) is 0 Å². The number of anilines is 1. The summed E-state index contributed by atoms with van der Waals surface area (Å²) in [7, 11) is -4.10. The van der Waals surface area contributed by atoms with Crippen LogP contribution in [0.2, 0.25) is 0 Å². The number of rotatable bonds is 8. The summed E-state index contributed by atoms with van der Waals surface area (Å²) in [5.74, 6) is -0.329. The maximum absolute atomic E-state index is 14.2. The van der Waals surface area contributed by atoms with E-state index in [1.54, 1.807) is 34.9 Å². The minimum absolute atomic E-state index is 0.0773. The summed E-state index contributed by atoms with van der Waals surface area (Å²) in [5.41, 5.74) is 3.70. The molecule has 0 aliphatic heterocycles. The molecule has 0 spiro atoms. The molecule has 0 saturated heterocycles. The highest BCUT2D eigenvalue weighted by Crippen LogP contribution is 2.37. The van der Waals surface area contributed by atoms with Crippen LogP contribution in [0.1, 0.15) is 11.1 Å². The summed E-state index contributed by atoms with van der Waals surface area (Å²) in [6, 6.07) is 34.8. The van der Waals surface area contributed by atoms with Crippen LogP contribution in [0.4, 0.5) is 5.82 Å². The molecular formula is C33H26N4O3S. The highest BCUT2D eigenvalue weighted by Gasteiger charge is 2.32. The van der Waals surface area contributed by atoms with Crippen LogP contribution in [0.15, 0.2) is 131 Å². The van der Waals surface area contributed by atoms with Gasteiger partial charge in [0.25, 0.3) is 0 Å². The van der Waals surface area contributed by atoms with Gasteiger partial charge in [-0.3, -0.25) is 4.79 Å². The van der Waals surface area contributed by atoms with Crippen molar-refractivity contribution >= 4 is 49.8 Å². The van der Waals surface area contributed by atoms with E-state index in [9.17, 15) is 13.2 Å². The molecule has 8 heteroatoms. The fraction of sp³-hybridized carbons (Fsp3) is 0.0606. The summed E-state index contributed by atoms with van der Waals surface area (Å²) >= 11 is 0. The lowest BCUT2D eigenvalue weighted by molar-refractivity contribution is -0.111. The summed E-state index contributed by atoms with van der Waals surface area (Å²) < 4.78 is 30.2. The number of aromatic nitrogens is 3. The summed E-state index contributed by atoms with van der Waals surface area (Å²) in [6.07, 6.45) is 3.67. The Morgan fingerprint density at radius 3 is 2.02 bits per heavy atom. The van der Waals surface area contributed by atoms with Gasteiger partial charge >= 0.3 is 0 Å². The molecule has 0 saturated carbocycles. The highest BCUT2D eigenvalue weighted by molar-refractivity contribution is 7.92. The minimum atomic E-state index is -4.10. The average molecular weight is 559 g/mol. The Kier molecular flexibility index (Phi) is 7.14. The van der Waals surface area contributed by atoms with Crippen LogP contribution in [-0.2, 0) is 27.6 Å². The number of sulfone groups is 1. The molecular weight excluding hydrogens is 532 g/mol. The largest absolute Gasteiger partial charge is 0.309 e. The van der Waals surface area contributed by atoms with E-state index in [4.69, 9.17) is 9.97 Å². The first kappa shape index (κ1) is 26.2. The van der Waals surface area contributed by atoms with Gasteiger partial charge in [-0.25, -0.2) is 18.4 Å². The van der Waals surface area contributed by atoms with Gasteiger partial charge in [-0.1, -0.05) is 91.0 Å². The van der Waals surface area contributed by atoms with Crippen LogP contribution in [0.5, 0.6) is 0 Å². The number of hydrogen-bond acceptors (Lipinski definition) is 5. The van der Waals surface area contributed by atoms with Crippen molar-refractivity contribution in [3.8, 4) is 0 Å². The fourth-order valence-electron chi connectivity index (χ4n) is 4.77. The predicted molar refractivity (Wildman–Crippen MR) is 161 cm³/mol. The van der Waals surface area contributed by atoms with Gasteiger partial charge in [0, 0.05) is 12.6 Å². The molecule has 2 aromatic heterocycles. The Morgan fingerprint density at radius 1 is 0.756 bits per heavy atom. The van der Waals surface area contributed by atoms with Crippen molar-refractivity contribution in [3.63, 3.8) is 0 Å². The van der Waals surface area contributed by atoms with Gasteiger partial charge in [-0.05, 0) is 47.9 Å². The van der Waals surface area contributed by atoms with Gasteiger partial charge in [-0.2, -0.15) is 0 Å². The molecule has 0 fully saturated rings. The zero-order chi connectivity index (χ0) is 28.2. The van der Waals surface area contributed by atoms with Crippen LogP contribution in [0.25, 0.3) is 28.3 Å². The molecule has 2 heterocycles. The van der Waals surface area contributed by atoms with Gasteiger partial charge in [0.05, 0.1) is 15.9 Å². The van der Waals surface area contributed by atoms with Crippen molar-refractivity contribution in [2.75, 3.05) is 5.32 Å². The Bertz CT molecular complexity index is 1990. The average Bonchev–Trinajstić information content (AvgIpc) is 3.31. The third-order valence-corrected chi connectivity index (χ3v) is 8.58. The molecule has 0 unspecified atom stereocenters. The molecule has 6 aromatic rings. The standard InChI is InChI=1S/C33H26N4O3S/c38-29(21-20-24-12-4-1-5-13-24)36-33-31(41(39,40)26-16-8-3-9-17-26)30-32(35-28-19-11-10-18-27(28)34-30)37(33)23-22-25-14-6-2-7-15-25/h1-21H,22-23H2,(H,36,38)/b21-20+. The Balaban J connectivity index is 1.56. The molecule has 202 valence electrons. The van der Waals surface area contributed by atoms with Crippen LogP contribution in [0, 0.1) is 0 Å². The molecule has 1 amide bonds. The van der Waals surface area contributed by atoms with Gasteiger partial charge < -0.3 is 9.88 Å². The number of nitrogens with one attached hydrogen (secondary N) is 1. The zero-order valence-corrected chi connectivity index (χ0v) is 22.8. The fourth-order valence-corrected chi connectivity index (χ4v) is 6.32.